The van der Waals surface area contributed by atoms with Crippen LogP contribution in [-0.4, -0.2) is 41.9 Å². The molecule has 28 heavy (non-hydrogen) atoms. The van der Waals surface area contributed by atoms with E-state index in [2.05, 4.69) is 11.4 Å². The van der Waals surface area contributed by atoms with Gasteiger partial charge in [-0.3, -0.25) is 9.59 Å². The summed E-state index contributed by atoms with van der Waals surface area (Å²) in [7, 11) is 0. The van der Waals surface area contributed by atoms with E-state index >= 15 is 0 Å². The molecule has 2 aromatic rings. The zero-order valence-electron chi connectivity index (χ0n) is 15.4. The van der Waals surface area contributed by atoms with Crippen molar-refractivity contribution in [3.05, 3.63) is 53.6 Å². The fourth-order valence-electron chi connectivity index (χ4n) is 3.09. The van der Waals surface area contributed by atoms with Gasteiger partial charge in [0, 0.05) is 18.3 Å². The maximum absolute atomic E-state index is 11.0. The van der Waals surface area contributed by atoms with Crippen molar-refractivity contribution in [3.63, 3.8) is 0 Å². The maximum Gasteiger partial charge on any atom is 0.318 e. The van der Waals surface area contributed by atoms with Crippen LogP contribution in [0.25, 0.3) is 0 Å². The van der Waals surface area contributed by atoms with Crippen LogP contribution >= 0.6 is 0 Å². The molecule has 1 aliphatic rings. The van der Waals surface area contributed by atoms with Gasteiger partial charge in [0.05, 0.1) is 0 Å². The van der Waals surface area contributed by atoms with E-state index in [1.165, 1.54) is 5.56 Å². The van der Waals surface area contributed by atoms with Crippen molar-refractivity contribution in [2.24, 2.45) is 5.92 Å². The summed E-state index contributed by atoms with van der Waals surface area (Å²) < 4.78 is 11.3. The molecule has 0 amide bonds. The number of carbonyl (C=O) groups is 2. The van der Waals surface area contributed by atoms with Gasteiger partial charge >= 0.3 is 11.9 Å². The van der Waals surface area contributed by atoms with Gasteiger partial charge in [-0.2, -0.15) is 0 Å². The number of aryl methyl sites for hydroxylation is 1. The monoisotopic (exact) mass is 385 g/mol. The third kappa shape index (κ3) is 5.16. The molecule has 7 heteroatoms. The van der Waals surface area contributed by atoms with Gasteiger partial charge in [0.15, 0.2) is 5.92 Å². The number of ether oxygens (including phenoxy) is 2. The zero-order chi connectivity index (χ0) is 19.9. The van der Waals surface area contributed by atoms with Gasteiger partial charge in [-0.15, -0.1) is 0 Å². The maximum atomic E-state index is 11.0. The molecule has 3 N–H and O–H groups in total. The molecule has 7 nitrogen and oxygen atoms in total. The van der Waals surface area contributed by atoms with E-state index < -0.39 is 17.9 Å². The largest absolute Gasteiger partial charge is 0.490 e. The number of benzene rings is 2. The lowest BCUT2D eigenvalue weighted by Gasteiger charge is -2.18. The van der Waals surface area contributed by atoms with Gasteiger partial charge in [0.25, 0.3) is 0 Å². The molecule has 0 aliphatic carbocycles. The number of carboxylic acid groups (broad SMARTS) is 2. The van der Waals surface area contributed by atoms with Crippen molar-refractivity contribution in [1.29, 1.82) is 0 Å². The van der Waals surface area contributed by atoms with Crippen LogP contribution in [0.15, 0.2) is 42.5 Å². The first-order valence-electron chi connectivity index (χ1n) is 9.20. The highest BCUT2D eigenvalue weighted by Gasteiger charge is 2.25. The number of nitrogens with one attached hydrogen (secondary N) is 1. The van der Waals surface area contributed by atoms with Crippen LogP contribution in [0.4, 0.5) is 5.69 Å². The first kappa shape index (κ1) is 19.5. The number of aliphatic carboxylic acids is 2. The summed E-state index contributed by atoms with van der Waals surface area (Å²) >= 11 is 0. The van der Waals surface area contributed by atoms with Gasteiger partial charge < -0.3 is 25.0 Å². The molecule has 0 unspecified atom stereocenters. The van der Waals surface area contributed by atoms with E-state index in [9.17, 15) is 9.59 Å². The van der Waals surface area contributed by atoms with Crippen LogP contribution in [0.2, 0.25) is 0 Å². The van der Waals surface area contributed by atoms with Crippen LogP contribution < -0.4 is 14.8 Å². The van der Waals surface area contributed by atoms with Crippen molar-refractivity contribution >= 4 is 17.6 Å². The molecule has 1 aliphatic heterocycles. The predicted molar refractivity (Wildman–Crippen MR) is 103 cm³/mol. The van der Waals surface area contributed by atoms with E-state index in [1.807, 2.05) is 12.1 Å². The average molecular weight is 385 g/mol. The lowest BCUT2D eigenvalue weighted by Crippen LogP contribution is -2.25. The van der Waals surface area contributed by atoms with Crippen molar-refractivity contribution in [2.45, 2.75) is 19.3 Å². The molecule has 0 radical (unpaired) electrons. The van der Waals surface area contributed by atoms with Gasteiger partial charge in [-0.25, -0.2) is 0 Å². The highest BCUT2D eigenvalue weighted by atomic mass is 16.5. The molecule has 0 saturated heterocycles. The van der Waals surface area contributed by atoms with E-state index in [0.29, 0.717) is 24.5 Å². The summed E-state index contributed by atoms with van der Waals surface area (Å²) in [5.74, 6) is -2.74. The molecule has 148 valence electrons. The molecule has 0 aromatic heterocycles. The second-order valence-corrected chi connectivity index (χ2v) is 6.62. The fourth-order valence-corrected chi connectivity index (χ4v) is 3.09. The summed E-state index contributed by atoms with van der Waals surface area (Å²) in [6.07, 6.45) is 2.16. The Morgan fingerprint density at radius 1 is 0.964 bits per heavy atom. The minimum absolute atomic E-state index is 0.0690. The standard InChI is InChI=1S/C21H23NO6/c23-20(24)18(21(25)26)12-14-3-6-16(7-4-14)27-10-11-28-17-8-5-15-2-1-9-22-19(15)13-17/h3-8,13,18,22H,1-2,9-12H2,(H,23,24)(H,25,26). The molecule has 0 bridgehead atoms. The van der Waals surface area contributed by atoms with Crippen molar-refractivity contribution in [3.8, 4) is 11.5 Å². The van der Waals surface area contributed by atoms with E-state index in [0.717, 1.165) is 30.8 Å². The predicted octanol–water partition coefficient (Wildman–Crippen LogP) is 2.83. The third-order valence-electron chi connectivity index (χ3n) is 4.60. The number of hydrogen-bond donors (Lipinski definition) is 3. The van der Waals surface area contributed by atoms with Gasteiger partial charge in [-0.1, -0.05) is 18.2 Å². The van der Waals surface area contributed by atoms with Crippen LogP contribution in [0.5, 0.6) is 11.5 Å². The lowest BCUT2D eigenvalue weighted by atomic mass is 10.00. The van der Waals surface area contributed by atoms with Crippen LogP contribution in [0, 0.1) is 5.92 Å². The summed E-state index contributed by atoms with van der Waals surface area (Å²) in [4.78, 5) is 21.9. The number of rotatable bonds is 9. The molecule has 0 saturated carbocycles. The minimum atomic E-state index is -1.45. The number of fused-ring (bicyclic) bond motifs is 1. The fraction of sp³-hybridized carbons (Fsp3) is 0.333. The molecular formula is C21H23NO6. The van der Waals surface area contributed by atoms with Gasteiger partial charge in [0.1, 0.15) is 24.7 Å². The number of anilines is 1. The molecular weight excluding hydrogens is 362 g/mol. The SMILES string of the molecule is O=C(O)C(Cc1ccc(OCCOc2ccc3c(c2)NCCC3)cc1)C(=O)O. The summed E-state index contributed by atoms with van der Waals surface area (Å²) in [6.45, 7) is 1.73. The Morgan fingerprint density at radius 3 is 2.29 bits per heavy atom. The summed E-state index contributed by atoms with van der Waals surface area (Å²) in [6, 6.07) is 12.8. The summed E-state index contributed by atoms with van der Waals surface area (Å²) in [5, 5.41) is 21.2. The highest BCUT2D eigenvalue weighted by molar-refractivity contribution is 5.93. The highest BCUT2D eigenvalue weighted by Crippen LogP contribution is 2.26. The van der Waals surface area contributed by atoms with Crippen molar-refractivity contribution in [2.75, 3.05) is 25.1 Å². The summed E-state index contributed by atoms with van der Waals surface area (Å²) in [5.41, 5.74) is 3.06. The van der Waals surface area contributed by atoms with E-state index in [4.69, 9.17) is 19.7 Å². The Hall–Kier alpha value is -3.22. The van der Waals surface area contributed by atoms with Gasteiger partial charge in [0.2, 0.25) is 0 Å². The average Bonchev–Trinajstić information content (AvgIpc) is 2.69. The molecule has 0 spiro atoms. The second kappa shape index (κ2) is 9.12. The molecule has 2 aromatic carbocycles. The number of carboxylic acids is 2. The second-order valence-electron chi connectivity index (χ2n) is 6.62. The van der Waals surface area contributed by atoms with Gasteiger partial charge in [-0.05, 0) is 48.6 Å². The Labute approximate surface area is 162 Å². The molecule has 0 atom stereocenters. The molecule has 1 heterocycles. The smallest absolute Gasteiger partial charge is 0.318 e. The Balaban J connectivity index is 1.45. The first-order valence-corrected chi connectivity index (χ1v) is 9.20. The molecule has 0 fully saturated rings. The van der Waals surface area contributed by atoms with E-state index in [-0.39, 0.29) is 6.42 Å². The normalized spacial score (nSPS) is 12.8. The molecule has 3 rings (SSSR count). The third-order valence-corrected chi connectivity index (χ3v) is 4.60. The van der Waals surface area contributed by atoms with Crippen molar-refractivity contribution < 1.29 is 29.3 Å². The Morgan fingerprint density at radius 2 is 1.61 bits per heavy atom. The van der Waals surface area contributed by atoms with Crippen LogP contribution in [0.3, 0.4) is 0 Å². The quantitative estimate of drug-likeness (QED) is 0.450. The van der Waals surface area contributed by atoms with Crippen molar-refractivity contribution in [1.82, 2.24) is 0 Å². The lowest BCUT2D eigenvalue weighted by molar-refractivity contribution is -0.154. The number of hydrogen-bond acceptors (Lipinski definition) is 5. The Kier molecular flexibility index (Phi) is 6.37. The minimum Gasteiger partial charge on any atom is -0.490 e. The topological polar surface area (TPSA) is 105 Å². The first-order chi connectivity index (χ1) is 13.5. The van der Waals surface area contributed by atoms with Crippen LogP contribution in [0.1, 0.15) is 17.5 Å². The van der Waals surface area contributed by atoms with E-state index in [1.54, 1.807) is 24.3 Å². The Bertz CT molecular complexity index is 819. The zero-order valence-corrected chi connectivity index (χ0v) is 15.4. The van der Waals surface area contributed by atoms with Crippen LogP contribution in [-0.2, 0) is 22.4 Å².